The predicted octanol–water partition coefficient (Wildman–Crippen LogP) is 2.81. The Kier molecular flexibility index (Phi) is 7.31. The minimum atomic E-state index is -0.599. The third-order valence-electron chi connectivity index (χ3n) is 3.26. The van der Waals surface area contributed by atoms with Gasteiger partial charge in [-0.1, -0.05) is 30.3 Å². The van der Waals surface area contributed by atoms with E-state index in [1.807, 2.05) is 51.1 Å². The average molecular weight is 330 g/mol. The largest absolute Gasteiger partial charge is 0.444 e. The molecule has 1 rings (SSSR count). The molecule has 5 nitrogen and oxygen atoms in total. The van der Waals surface area contributed by atoms with Crippen molar-refractivity contribution in [2.75, 3.05) is 13.6 Å². The lowest BCUT2D eigenvalue weighted by molar-refractivity contribution is -0.121. The molecule has 0 heterocycles. The van der Waals surface area contributed by atoms with Crippen LogP contribution in [0.25, 0.3) is 0 Å². The third-order valence-corrected chi connectivity index (χ3v) is 3.26. The molecule has 1 aromatic carbocycles. The fourth-order valence-electron chi connectivity index (χ4n) is 2.10. The fraction of sp³-hybridized carbons (Fsp3) is 0.474. The van der Waals surface area contributed by atoms with E-state index in [-0.39, 0.29) is 24.8 Å². The molecule has 1 atom stereocenters. The molecule has 0 aliphatic carbocycles. The van der Waals surface area contributed by atoms with Gasteiger partial charge >= 0.3 is 6.09 Å². The number of rotatable bonds is 6. The Bertz CT molecular complexity index is 585. The van der Waals surface area contributed by atoms with Gasteiger partial charge in [-0.2, -0.15) is 0 Å². The maximum atomic E-state index is 12.5. The molecular weight excluding hydrogens is 304 g/mol. The van der Waals surface area contributed by atoms with E-state index in [9.17, 15) is 9.59 Å². The summed E-state index contributed by atoms with van der Waals surface area (Å²) in [6.07, 6.45) is 5.26. The van der Waals surface area contributed by atoms with Crippen molar-refractivity contribution < 1.29 is 14.3 Å². The molecule has 0 aromatic heterocycles. The first-order valence-electron chi connectivity index (χ1n) is 7.93. The highest BCUT2D eigenvalue weighted by molar-refractivity contribution is 5.76. The van der Waals surface area contributed by atoms with Gasteiger partial charge < -0.3 is 15.0 Å². The molecular formula is C19H26N2O3. The van der Waals surface area contributed by atoms with Gasteiger partial charge in [-0.3, -0.25) is 4.79 Å². The van der Waals surface area contributed by atoms with Gasteiger partial charge in [-0.05, 0) is 26.3 Å². The first-order chi connectivity index (χ1) is 11.2. The lowest BCUT2D eigenvalue weighted by Crippen LogP contribution is -2.39. The standard InChI is InChI=1S/C19H26N2O3/c1-6-15(12-17(22)20-5)13-21(18(23)24-19(2,3)4)14-16-10-8-7-9-11-16/h1,7-11,15H,12-14H2,2-5H3,(H,20,22). The smallest absolute Gasteiger partial charge is 0.410 e. The van der Waals surface area contributed by atoms with Crippen LogP contribution in [0.4, 0.5) is 4.79 Å². The molecule has 0 saturated carbocycles. The molecule has 1 aromatic rings. The Morgan fingerprint density at radius 1 is 1.29 bits per heavy atom. The highest BCUT2D eigenvalue weighted by Crippen LogP contribution is 2.15. The summed E-state index contributed by atoms with van der Waals surface area (Å²) in [5.74, 6) is 2.07. The van der Waals surface area contributed by atoms with E-state index < -0.39 is 11.7 Å². The second-order valence-electron chi connectivity index (χ2n) is 6.59. The Hall–Kier alpha value is -2.48. The summed E-state index contributed by atoms with van der Waals surface area (Å²) in [4.78, 5) is 25.6. The summed E-state index contributed by atoms with van der Waals surface area (Å²) >= 11 is 0. The Morgan fingerprint density at radius 2 is 1.92 bits per heavy atom. The second kappa shape index (κ2) is 8.97. The van der Waals surface area contributed by atoms with Crippen LogP contribution in [0.5, 0.6) is 0 Å². The summed E-state index contributed by atoms with van der Waals surface area (Å²) in [5.41, 5.74) is 0.373. The summed E-state index contributed by atoms with van der Waals surface area (Å²) < 4.78 is 5.47. The maximum absolute atomic E-state index is 12.5. The number of nitrogens with one attached hydrogen (secondary N) is 1. The van der Waals surface area contributed by atoms with E-state index in [0.717, 1.165) is 5.56 Å². The van der Waals surface area contributed by atoms with E-state index in [4.69, 9.17) is 11.2 Å². The van der Waals surface area contributed by atoms with Crippen molar-refractivity contribution in [2.24, 2.45) is 5.92 Å². The van der Waals surface area contributed by atoms with Crippen molar-refractivity contribution in [2.45, 2.75) is 39.3 Å². The monoisotopic (exact) mass is 330 g/mol. The Labute approximate surface area is 144 Å². The fourth-order valence-corrected chi connectivity index (χ4v) is 2.10. The van der Waals surface area contributed by atoms with Crippen LogP contribution in [0.15, 0.2) is 30.3 Å². The normalized spacial score (nSPS) is 12.0. The molecule has 1 N–H and O–H groups in total. The van der Waals surface area contributed by atoms with Gasteiger partial charge in [0.05, 0.1) is 0 Å². The zero-order chi connectivity index (χ0) is 18.2. The molecule has 0 spiro atoms. The van der Waals surface area contributed by atoms with Crippen LogP contribution in [-0.4, -0.2) is 36.1 Å². The van der Waals surface area contributed by atoms with E-state index in [1.54, 1.807) is 11.9 Å². The lowest BCUT2D eigenvalue weighted by atomic mass is 10.1. The minimum Gasteiger partial charge on any atom is -0.444 e. The minimum absolute atomic E-state index is 0.151. The zero-order valence-corrected chi connectivity index (χ0v) is 14.8. The molecule has 2 amide bonds. The van der Waals surface area contributed by atoms with Crippen LogP contribution in [-0.2, 0) is 16.1 Å². The summed E-state index contributed by atoms with van der Waals surface area (Å²) in [6, 6.07) is 9.59. The van der Waals surface area contributed by atoms with Gasteiger partial charge in [0.2, 0.25) is 5.91 Å². The van der Waals surface area contributed by atoms with E-state index in [0.29, 0.717) is 6.54 Å². The van der Waals surface area contributed by atoms with E-state index in [2.05, 4.69) is 11.2 Å². The molecule has 0 saturated heterocycles. The number of terminal acetylenes is 1. The van der Waals surface area contributed by atoms with Crippen LogP contribution in [0.1, 0.15) is 32.8 Å². The number of ether oxygens (including phenoxy) is 1. The molecule has 1 unspecified atom stereocenters. The molecule has 0 radical (unpaired) electrons. The van der Waals surface area contributed by atoms with Gasteiger partial charge in [0.15, 0.2) is 0 Å². The highest BCUT2D eigenvalue weighted by Gasteiger charge is 2.25. The van der Waals surface area contributed by atoms with Crippen LogP contribution in [0, 0.1) is 18.3 Å². The van der Waals surface area contributed by atoms with Gasteiger partial charge in [-0.25, -0.2) is 4.79 Å². The molecule has 0 aliphatic rings. The van der Waals surface area contributed by atoms with Crippen LogP contribution in [0.2, 0.25) is 0 Å². The first kappa shape index (κ1) is 19.6. The van der Waals surface area contributed by atoms with Crippen molar-refractivity contribution >= 4 is 12.0 Å². The van der Waals surface area contributed by atoms with Crippen LogP contribution < -0.4 is 5.32 Å². The van der Waals surface area contributed by atoms with Crippen molar-refractivity contribution in [1.82, 2.24) is 10.2 Å². The summed E-state index contributed by atoms with van der Waals surface area (Å²) in [5, 5.41) is 2.55. The molecule has 24 heavy (non-hydrogen) atoms. The summed E-state index contributed by atoms with van der Waals surface area (Å²) in [6.45, 7) is 6.08. The third kappa shape index (κ3) is 7.19. The lowest BCUT2D eigenvalue weighted by Gasteiger charge is -2.29. The average Bonchev–Trinajstić information content (AvgIpc) is 2.52. The van der Waals surface area contributed by atoms with Crippen molar-refractivity contribution in [1.29, 1.82) is 0 Å². The Balaban J connectivity index is 2.89. The quantitative estimate of drug-likeness (QED) is 0.816. The predicted molar refractivity (Wildman–Crippen MR) is 94.1 cm³/mol. The Morgan fingerprint density at radius 3 is 2.42 bits per heavy atom. The molecule has 130 valence electrons. The van der Waals surface area contributed by atoms with E-state index >= 15 is 0 Å². The first-order valence-corrected chi connectivity index (χ1v) is 7.93. The van der Waals surface area contributed by atoms with Gasteiger partial charge in [0, 0.05) is 32.5 Å². The number of nitrogens with zero attached hydrogens (tertiary/aromatic N) is 1. The van der Waals surface area contributed by atoms with Gasteiger partial charge in [0.1, 0.15) is 5.60 Å². The molecule has 0 fully saturated rings. The molecule has 0 aliphatic heterocycles. The number of hydrogen-bond donors (Lipinski definition) is 1. The van der Waals surface area contributed by atoms with Gasteiger partial charge in [-0.15, -0.1) is 12.3 Å². The summed E-state index contributed by atoms with van der Waals surface area (Å²) in [7, 11) is 1.56. The SMILES string of the molecule is C#CC(CC(=O)NC)CN(Cc1ccccc1)C(=O)OC(C)(C)C. The van der Waals surface area contributed by atoms with Crippen molar-refractivity contribution in [3.63, 3.8) is 0 Å². The zero-order valence-electron chi connectivity index (χ0n) is 14.8. The van der Waals surface area contributed by atoms with Gasteiger partial charge in [0.25, 0.3) is 0 Å². The maximum Gasteiger partial charge on any atom is 0.410 e. The number of carbonyl (C=O) groups is 2. The van der Waals surface area contributed by atoms with Crippen molar-refractivity contribution in [3.05, 3.63) is 35.9 Å². The molecule has 0 bridgehead atoms. The van der Waals surface area contributed by atoms with Crippen molar-refractivity contribution in [3.8, 4) is 12.3 Å². The highest BCUT2D eigenvalue weighted by atomic mass is 16.6. The van der Waals surface area contributed by atoms with Crippen LogP contribution >= 0.6 is 0 Å². The number of amides is 2. The number of benzene rings is 1. The van der Waals surface area contributed by atoms with E-state index in [1.165, 1.54) is 0 Å². The number of carbonyl (C=O) groups excluding carboxylic acids is 2. The topological polar surface area (TPSA) is 58.6 Å². The molecule has 5 heteroatoms. The second-order valence-corrected chi connectivity index (χ2v) is 6.59. The number of hydrogen-bond acceptors (Lipinski definition) is 3. The van der Waals surface area contributed by atoms with Crippen LogP contribution in [0.3, 0.4) is 0 Å².